The van der Waals surface area contributed by atoms with Gasteiger partial charge in [0.25, 0.3) is 0 Å². The van der Waals surface area contributed by atoms with E-state index in [9.17, 15) is 18.1 Å². The molecule has 0 radical (unpaired) electrons. The number of unbranched alkanes of at least 4 members (excludes halogenated alkanes) is 11. The van der Waals surface area contributed by atoms with Crippen molar-refractivity contribution in [1.29, 1.82) is 0 Å². The fourth-order valence-electron chi connectivity index (χ4n) is 3.15. The van der Waals surface area contributed by atoms with Crippen LogP contribution in [0, 0.1) is 0 Å². The molecule has 0 aliphatic rings. The molecule has 25 heavy (non-hydrogen) atoms. The third-order valence-corrected chi connectivity index (χ3v) is 6.04. The molecular formula is C19H39NaO4S. The molecule has 0 aromatic carbocycles. The Kier molecular flexibility index (Phi) is 20.5. The summed E-state index contributed by atoms with van der Waals surface area (Å²) in [4.78, 5) is 0. The van der Waals surface area contributed by atoms with E-state index < -0.39 is 21.5 Å². The van der Waals surface area contributed by atoms with Crippen LogP contribution in [0.25, 0.3) is 0 Å². The van der Waals surface area contributed by atoms with Crippen molar-refractivity contribution in [1.82, 2.24) is 0 Å². The maximum absolute atomic E-state index is 11.3. The summed E-state index contributed by atoms with van der Waals surface area (Å²) in [7, 11) is -4.41. The summed E-state index contributed by atoms with van der Waals surface area (Å²) in [6.07, 6.45) is 14.3. The molecule has 6 heteroatoms. The van der Waals surface area contributed by atoms with Crippen LogP contribution in [-0.2, 0) is 10.1 Å². The Morgan fingerprint density at radius 2 is 1.08 bits per heavy atom. The summed E-state index contributed by atoms with van der Waals surface area (Å²) in [6, 6.07) is 0. The third-order valence-electron chi connectivity index (χ3n) is 4.75. The minimum absolute atomic E-state index is 0. The number of aliphatic hydroxyl groups is 1. The molecule has 0 rings (SSSR count). The van der Waals surface area contributed by atoms with Crippen molar-refractivity contribution in [3.8, 4) is 0 Å². The molecule has 0 aromatic rings. The normalized spacial score (nSPS) is 14.1. The van der Waals surface area contributed by atoms with E-state index in [1.807, 2.05) is 6.92 Å². The number of hydrogen-bond acceptors (Lipinski definition) is 4. The first-order valence-electron chi connectivity index (χ1n) is 10.1. The first kappa shape index (κ1) is 28.1. The van der Waals surface area contributed by atoms with Crippen LogP contribution in [-0.4, -0.2) is 29.4 Å². The molecule has 0 aromatic heterocycles. The zero-order chi connectivity index (χ0) is 18.3. The maximum atomic E-state index is 11.3. The van der Waals surface area contributed by atoms with Gasteiger partial charge in [-0.25, -0.2) is 8.42 Å². The second-order valence-corrected chi connectivity index (χ2v) is 8.66. The summed E-state index contributed by atoms with van der Waals surface area (Å²) < 4.78 is 34.0. The van der Waals surface area contributed by atoms with Crippen molar-refractivity contribution in [3.63, 3.8) is 0 Å². The summed E-state index contributed by atoms with van der Waals surface area (Å²) in [6.45, 7) is 4.25. The van der Waals surface area contributed by atoms with Gasteiger partial charge in [-0.1, -0.05) is 97.3 Å². The molecule has 4 nitrogen and oxygen atoms in total. The Morgan fingerprint density at radius 3 is 1.52 bits per heavy atom. The molecule has 0 heterocycles. The zero-order valence-corrected chi connectivity index (χ0v) is 19.7. The summed E-state index contributed by atoms with van der Waals surface area (Å²) in [5, 5.41) is 8.97. The Morgan fingerprint density at radius 1 is 0.720 bits per heavy atom. The van der Waals surface area contributed by atoms with Gasteiger partial charge in [-0.2, -0.15) is 0 Å². The molecule has 0 aliphatic heterocycles. The Labute approximate surface area is 178 Å². The van der Waals surface area contributed by atoms with E-state index in [0.29, 0.717) is 19.3 Å². The van der Waals surface area contributed by atoms with Crippen LogP contribution in [0.4, 0.5) is 0 Å². The predicted molar refractivity (Wildman–Crippen MR) is 100 cm³/mol. The zero-order valence-electron chi connectivity index (χ0n) is 16.8. The second-order valence-electron chi connectivity index (χ2n) is 7.07. The number of hydrogen-bond donors (Lipinski definition) is 1. The van der Waals surface area contributed by atoms with Crippen LogP contribution < -0.4 is 29.6 Å². The molecule has 2 unspecified atom stereocenters. The summed E-state index contributed by atoms with van der Waals surface area (Å²) >= 11 is 0. The second kappa shape index (κ2) is 18.2. The van der Waals surface area contributed by atoms with Gasteiger partial charge in [0.15, 0.2) is 0 Å². The van der Waals surface area contributed by atoms with E-state index >= 15 is 0 Å². The average molecular weight is 387 g/mol. The van der Waals surface area contributed by atoms with E-state index in [4.69, 9.17) is 0 Å². The predicted octanol–water partition coefficient (Wildman–Crippen LogP) is 2.16. The van der Waals surface area contributed by atoms with Gasteiger partial charge < -0.3 is 9.66 Å². The van der Waals surface area contributed by atoms with Crippen molar-refractivity contribution >= 4 is 10.1 Å². The standard InChI is InChI=1S/C19H40O4S.Na/c1-3-5-7-8-9-10-11-12-13-15-16-18(20)19(24(21,22)23)17-14-6-4-2;/h18-20H,3-17H2,1-2H3,(H,21,22,23);/q;+1/p-1. The minimum atomic E-state index is -4.41. The van der Waals surface area contributed by atoms with Gasteiger partial charge in [-0.15, -0.1) is 0 Å². The monoisotopic (exact) mass is 386 g/mol. The molecule has 1 N–H and O–H groups in total. The van der Waals surface area contributed by atoms with Crippen LogP contribution in [0.2, 0.25) is 0 Å². The molecule has 0 bridgehead atoms. The molecule has 0 amide bonds. The SMILES string of the molecule is CCCCCCCCCCCCC(O)C(CCCCC)S(=O)(=O)[O-].[Na+]. The average Bonchev–Trinajstić information content (AvgIpc) is 2.52. The fraction of sp³-hybridized carbons (Fsp3) is 1.00. The number of rotatable bonds is 17. The van der Waals surface area contributed by atoms with E-state index in [-0.39, 0.29) is 29.6 Å². The van der Waals surface area contributed by atoms with E-state index in [2.05, 4.69) is 6.92 Å². The van der Waals surface area contributed by atoms with Gasteiger partial charge in [-0.05, 0) is 12.8 Å². The van der Waals surface area contributed by atoms with E-state index in [1.54, 1.807) is 0 Å². The quantitative estimate of drug-likeness (QED) is 0.236. The smallest absolute Gasteiger partial charge is 0.748 e. The molecule has 2 atom stereocenters. The number of aliphatic hydroxyl groups excluding tert-OH is 1. The first-order valence-corrected chi connectivity index (χ1v) is 11.5. The van der Waals surface area contributed by atoms with Gasteiger partial charge >= 0.3 is 29.6 Å². The molecule has 146 valence electrons. The van der Waals surface area contributed by atoms with Crippen LogP contribution in [0.1, 0.15) is 110 Å². The topological polar surface area (TPSA) is 77.4 Å². The van der Waals surface area contributed by atoms with Crippen LogP contribution in [0.15, 0.2) is 0 Å². The molecule has 0 saturated heterocycles. The Balaban J connectivity index is 0. The molecule has 0 spiro atoms. The van der Waals surface area contributed by atoms with Crippen molar-refractivity contribution in [3.05, 3.63) is 0 Å². The van der Waals surface area contributed by atoms with Crippen molar-refractivity contribution < 1.29 is 47.6 Å². The van der Waals surface area contributed by atoms with Crippen LogP contribution in [0.5, 0.6) is 0 Å². The van der Waals surface area contributed by atoms with Gasteiger partial charge in [0, 0.05) is 0 Å². The van der Waals surface area contributed by atoms with Crippen LogP contribution in [0.3, 0.4) is 0 Å². The minimum Gasteiger partial charge on any atom is -0.748 e. The van der Waals surface area contributed by atoms with Crippen molar-refractivity contribution in [2.75, 3.05) is 0 Å². The van der Waals surface area contributed by atoms with E-state index in [1.165, 1.54) is 44.9 Å². The maximum Gasteiger partial charge on any atom is 1.00 e. The Bertz CT molecular complexity index is 374. The molecule has 0 fully saturated rings. The fourth-order valence-corrected chi connectivity index (χ4v) is 4.13. The summed E-state index contributed by atoms with van der Waals surface area (Å²) in [5.74, 6) is 0. The van der Waals surface area contributed by atoms with Crippen LogP contribution >= 0.6 is 0 Å². The van der Waals surface area contributed by atoms with Gasteiger partial charge in [0.1, 0.15) is 10.1 Å². The summed E-state index contributed by atoms with van der Waals surface area (Å²) in [5.41, 5.74) is 0. The van der Waals surface area contributed by atoms with Gasteiger partial charge in [0.2, 0.25) is 0 Å². The van der Waals surface area contributed by atoms with Crippen molar-refractivity contribution in [2.24, 2.45) is 0 Å². The van der Waals surface area contributed by atoms with E-state index in [0.717, 1.165) is 32.1 Å². The Hall–Kier alpha value is 0.870. The van der Waals surface area contributed by atoms with Gasteiger partial charge in [-0.3, -0.25) is 0 Å². The molecular weight excluding hydrogens is 347 g/mol. The third kappa shape index (κ3) is 16.7. The van der Waals surface area contributed by atoms with Gasteiger partial charge in [0.05, 0.1) is 11.4 Å². The van der Waals surface area contributed by atoms with Crippen molar-refractivity contribution in [2.45, 2.75) is 122 Å². The molecule has 0 saturated carbocycles. The molecule has 0 aliphatic carbocycles. The first-order chi connectivity index (χ1) is 11.4. The largest absolute Gasteiger partial charge is 1.00 e.